The van der Waals surface area contributed by atoms with Crippen LogP contribution in [0.2, 0.25) is 0 Å². The van der Waals surface area contributed by atoms with E-state index in [0.29, 0.717) is 18.2 Å². The number of rotatable bonds is 5. The summed E-state index contributed by atoms with van der Waals surface area (Å²) in [5.74, 6) is -2.21. The Kier molecular flexibility index (Phi) is 5.18. The van der Waals surface area contributed by atoms with E-state index in [0.717, 1.165) is 31.6 Å². The standard InChI is InChI=1S/C17H18F2N4O2/c1-10-7-15(16(24)22-11-4-5-13(18)14(19)8-11)23-17(21-10)20-9-12-3-2-6-25-12/h4-5,7-8,12H,2-3,6,9H2,1H3,(H,22,24)(H,20,21,23). The van der Waals surface area contributed by atoms with Gasteiger partial charge in [-0.2, -0.15) is 0 Å². The largest absolute Gasteiger partial charge is 0.376 e. The average Bonchev–Trinajstić information content (AvgIpc) is 3.09. The van der Waals surface area contributed by atoms with Crippen LogP contribution in [-0.4, -0.2) is 35.1 Å². The van der Waals surface area contributed by atoms with Crippen LogP contribution in [-0.2, 0) is 4.74 Å². The highest BCUT2D eigenvalue weighted by molar-refractivity contribution is 6.03. The fourth-order valence-corrected chi connectivity index (χ4v) is 2.54. The van der Waals surface area contributed by atoms with Gasteiger partial charge in [-0.15, -0.1) is 0 Å². The third-order valence-electron chi connectivity index (χ3n) is 3.78. The summed E-state index contributed by atoms with van der Waals surface area (Å²) in [6.07, 6.45) is 2.12. The third-order valence-corrected chi connectivity index (χ3v) is 3.78. The molecule has 1 fully saturated rings. The van der Waals surface area contributed by atoms with Gasteiger partial charge in [0.2, 0.25) is 5.95 Å². The molecule has 2 aromatic rings. The first-order valence-electron chi connectivity index (χ1n) is 7.99. The zero-order chi connectivity index (χ0) is 17.8. The summed E-state index contributed by atoms with van der Waals surface area (Å²) in [5.41, 5.74) is 0.890. The van der Waals surface area contributed by atoms with E-state index in [9.17, 15) is 13.6 Å². The van der Waals surface area contributed by atoms with E-state index in [1.165, 1.54) is 12.1 Å². The van der Waals surface area contributed by atoms with Crippen molar-refractivity contribution in [3.8, 4) is 0 Å². The molecule has 0 spiro atoms. The van der Waals surface area contributed by atoms with Gasteiger partial charge in [0.05, 0.1) is 6.10 Å². The lowest BCUT2D eigenvalue weighted by atomic mass is 10.2. The first-order chi connectivity index (χ1) is 12.0. The highest BCUT2D eigenvalue weighted by Crippen LogP contribution is 2.15. The molecule has 1 aromatic heterocycles. The van der Waals surface area contributed by atoms with Gasteiger partial charge < -0.3 is 15.4 Å². The number of nitrogens with zero attached hydrogens (tertiary/aromatic N) is 2. The van der Waals surface area contributed by atoms with Gasteiger partial charge in [-0.3, -0.25) is 4.79 Å². The van der Waals surface area contributed by atoms with Gasteiger partial charge in [0.1, 0.15) is 5.69 Å². The predicted octanol–water partition coefficient (Wildman–Crippen LogP) is 2.91. The minimum Gasteiger partial charge on any atom is -0.376 e. The van der Waals surface area contributed by atoms with Crippen LogP contribution in [0.3, 0.4) is 0 Å². The van der Waals surface area contributed by atoms with Crippen LogP contribution >= 0.6 is 0 Å². The third kappa shape index (κ3) is 4.48. The number of hydrogen-bond acceptors (Lipinski definition) is 5. The van der Waals surface area contributed by atoms with E-state index in [2.05, 4.69) is 20.6 Å². The SMILES string of the molecule is Cc1cc(C(=O)Nc2ccc(F)c(F)c2)nc(NCC2CCCO2)n1. The van der Waals surface area contributed by atoms with Crippen molar-refractivity contribution in [2.45, 2.75) is 25.9 Å². The number of carbonyl (C=O) groups is 1. The van der Waals surface area contributed by atoms with Crippen LogP contribution in [0.15, 0.2) is 24.3 Å². The molecule has 3 rings (SSSR count). The molecule has 132 valence electrons. The number of halogens is 2. The van der Waals surface area contributed by atoms with Crippen molar-refractivity contribution in [1.82, 2.24) is 9.97 Å². The van der Waals surface area contributed by atoms with Gasteiger partial charge >= 0.3 is 0 Å². The Morgan fingerprint density at radius 1 is 1.28 bits per heavy atom. The molecule has 2 N–H and O–H groups in total. The highest BCUT2D eigenvalue weighted by atomic mass is 19.2. The summed E-state index contributed by atoms with van der Waals surface area (Å²) in [6.45, 7) is 3.06. The average molecular weight is 348 g/mol. The van der Waals surface area contributed by atoms with Gasteiger partial charge in [0.25, 0.3) is 5.91 Å². The summed E-state index contributed by atoms with van der Waals surface area (Å²) in [5, 5.41) is 5.56. The molecule has 1 aliphatic heterocycles. The fraction of sp³-hybridized carbons (Fsp3) is 0.353. The Morgan fingerprint density at radius 3 is 2.84 bits per heavy atom. The van der Waals surface area contributed by atoms with Crippen LogP contribution in [0.25, 0.3) is 0 Å². The molecule has 1 atom stereocenters. The van der Waals surface area contributed by atoms with Crippen molar-refractivity contribution in [3.05, 3.63) is 47.3 Å². The number of aryl methyl sites for hydroxylation is 1. The molecule has 1 unspecified atom stereocenters. The van der Waals surface area contributed by atoms with E-state index < -0.39 is 17.5 Å². The topological polar surface area (TPSA) is 76.1 Å². The fourth-order valence-electron chi connectivity index (χ4n) is 2.54. The Bertz CT molecular complexity index is 779. The van der Waals surface area contributed by atoms with E-state index >= 15 is 0 Å². The van der Waals surface area contributed by atoms with Crippen LogP contribution in [0, 0.1) is 18.6 Å². The minimum atomic E-state index is -1.03. The van der Waals surface area contributed by atoms with Crippen LogP contribution < -0.4 is 10.6 Å². The molecule has 8 heteroatoms. The number of anilines is 2. The van der Waals surface area contributed by atoms with Crippen LogP contribution in [0.4, 0.5) is 20.4 Å². The zero-order valence-corrected chi connectivity index (χ0v) is 13.7. The lowest BCUT2D eigenvalue weighted by Crippen LogP contribution is -2.21. The first-order valence-corrected chi connectivity index (χ1v) is 7.99. The van der Waals surface area contributed by atoms with Crippen molar-refractivity contribution in [1.29, 1.82) is 0 Å². The van der Waals surface area contributed by atoms with E-state index in [1.54, 1.807) is 6.92 Å². The molecule has 6 nitrogen and oxygen atoms in total. The second-order valence-electron chi connectivity index (χ2n) is 5.82. The molecule has 1 aliphatic rings. The maximum absolute atomic E-state index is 13.2. The molecule has 25 heavy (non-hydrogen) atoms. The Labute approximate surface area is 143 Å². The lowest BCUT2D eigenvalue weighted by molar-refractivity contribution is 0.102. The summed E-state index contributed by atoms with van der Waals surface area (Å²) < 4.78 is 31.7. The van der Waals surface area contributed by atoms with E-state index in [1.807, 2.05) is 0 Å². The molecule has 0 radical (unpaired) electrons. The van der Waals surface area contributed by atoms with Crippen molar-refractivity contribution >= 4 is 17.5 Å². The lowest BCUT2D eigenvalue weighted by Gasteiger charge is -2.12. The first kappa shape index (κ1) is 17.2. The van der Waals surface area contributed by atoms with Gasteiger partial charge in [-0.1, -0.05) is 0 Å². The maximum atomic E-state index is 13.2. The maximum Gasteiger partial charge on any atom is 0.274 e. The zero-order valence-electron chi connectivity index (χ0n) is 13.7. The second-order valence-corrected chi connectivity index (χ2v) is 5.82. The van der Waals surface area contributed by atoms with Crippen LogP contribution in [0.1, 0.15) is 29.0 Å². The Morgan fingerprint density at radius 2 is 2.12 bits per heavy atom. The van der Waals surface area contributed by atoms with Crippen LogP contribution in [0.5, 0.6) is 0 Å². The number of hydrogen-bond donors (Lipinski definition) is 2. The summed E-state index contributed by atoms with van der Waals surface area (Å²) >= 11 is 0. The molecule has 0 aliphatic carbocycles. The predicted molar refractivity (Wildman–Crippen MR) is 88.5 cm³/mol. The molecular formula is C17H18F2N4O2. The van der Waals surface area contributed by atoms with E-state index in [4.69, 9.17) is 4.74 Å². The molecule has 0 bridgehead atoms. The quantitative estimate of drug-likeness (QED) is 0.869. The van der Waals surface area contributed by atoms with Gasteiger partial charge in [-0.25, -0.2) is 18.7 Å². The van der Waals surface area contributed by atoms with Gasteiger partial charge in [0.15, 0.2) is 11.6 Å². The smallest absolute Gasteiger partial charge is 0.274 e. The molecule has 1 saturated heterocycles. The molecule has 1 aromatic carbocycles. The summed E-state index contributed by atoms with van der Waals surface area (Å²) in [7, 11) is 0. The molecule has 2 heterocycles. The number of ether oxygens (including phenoxy) is 1. The summed E-state index contributed by atoms with van der Waals surface area (Å²) in [4.78, 5) is 20.7. The van der Waals surface area contributed by atoms with E-state index in [-0.39, 0.29) is 17.5 Å². The second kappa shape index (κ2) is 7.52. The van der Waals surface area contributed by atoms with Crippen molar-refractivity contribution in [2.75, 3.05) is 23.8 Å². The highest BCUT2D eigenvalue weighted by Gasteiger charge is 2.17. The Hall–Kier alpha value is -2.61. The summed E-state index contributed by atoms with van der Waals surface area (Å²) in [6, 6.07) is 4.66. The number of aromatic nitrogens is 2. The number of amides is 1. The normalized spacial score (nSPS) is 16.7. The van der Waals surface area contributed by atoms with Crippen molar-refractivity contribution < 1.29 is 18.3 Å². The number of carbonyl (C=O) groups excluding carboxylic acids is 1. The number of benzene rings is 1. The van der Waals surface area contributed by atoms with Crippen molar-refractivity contribution in [3.63, 3.8) is 0 Å². The Balaban J connectivity index is 1.69. The number of nitrogens with one attached hydrogen (secondary N) is 2. The monoisotopic (exact) mass is 348 g/mol. The van der Waals surface area contributed by atoms with Gasteiger partial charge in [-0.05, 0) is 38.0 Å². The molecule has 1 amide bonds. The van der Waals surface area contributed by atoms with Crippen molar-refractivity contribution in [2.24, 2.45) is 0 Å². The molecular weight excluding hydrogens is 330 g/mol. The minimum absolute atomic E-state index is 0.114. The molecule has 0 saturated carbocycles. The van der Waals surface area contributed by atoms with Gasteiger partial charge in [0, 0.05) is 30.6 Å².